The van der Waals surface area contributed by atoms with Gasteiger partial charge in [0.05, 0.1) is 17.2 Å². The van der Waals surface area contributed by atoms with E-state index >= 15 is 0 Å². The lowest BCUT2D eigenvalue weighted by Gasteiger charge is -2.21. The number of hydrogen-bond donors (Lipinski definition) is 1. The molecule has 24 heavy (non-hydrogen) atoms. The van der Waals surface area contributed by atoms with Crippen LogP contribution >= 0.6 is 0 Å². The van der Waals surface area contributed by atoms with Crippen molar-refractivity contribution < 1.29 is 4.79 Å². The van der Waals surface area contributed by atoms with E-state index in [4.69, 9.17) is 0 Å². The second-order valence-corrected chi connectivity index (χ2v) is 7.04. The number of nitrogens with one attached hydrogen (secondary N) is 1. The molecule has 1 aromatic carbocycles. The van der Waals surface area contributed by atoms with Crippen LogP contribution in [0, 0.1) is 20.8 Å². The van der Waals surface area contributed by atoms with Gasteiger partial charge in [-0.3, -0.25) is 9.48 Å². The van der Waals surface area contributed by atoms with Gasteiger partial charge in [-0.1, -0.05) is 29.8 Å². The fourth-order valence-corrected chi connectivity index (χ4v) is 3.70. The first-order valence-electron chi connectivity index (χ1n) is 8.81. The van der Waals surface area contributed by atoms with E-state index in [9.17, 15) is 4.79 Å². The predicted octanol–water partition coefficient (Wildman–Crippen LogP) is 3.74. The lowest BCUT2D eigenvalue weighted by molar-refractivity contribution is -0.124. The van der Waals surface area contributed by atoms with E-state index in [0.29, 0.717) is 0 Å². The van der Waals surface area contributed by atoms with E-state index in [1.165, 1.54) is 5.56 Å². The highest BCUT2D eigenvalue weighted by molar-refractivity contribution is 5.91. The Morgan fingerprint density at radius 2 is 1.88 bits per heavy atom. The second-order valence-electron chi connectivity index (χ2n) is 7.04. The quantitative estimate of drug-likeness (QED) is 0.910. The van der Waals surface area contributed by atoms with Crippen LogP contribution in [0.4, 0.5) is 0 Å². The highest BCUT2D eigenvalue weighted by Gasteiger charge is 2.51. The van der Waals surface area contributed by atoms with Gasteiger partial charge < -0.3 is 5.32 Å². The molecule has 128 valence electrons. The SMILES string of the molecule is CCn1nc(C)c([C@H](C)NC(=O)C2(c3ccc(C)cc3)CC2)c1C. The summed E-state index contributed by atoms with van der Waals surface area (Å²) in [4.78, 5) is 13.0. The zero-order valence-electron chi connectivity index (χ0n) is 15.3. The van der Waals surface area contributed by atoms with Crippen LogP contribution in [0.5, 0.6) is 0 Å². The molecule has 0 radical (unpaired) electrons. The van der Waals surface area contributed by atoms with E-state index in [1.807, 2.05) is 11.6 Å². The number of benzene rings is 1. The van der Waals surface area contributed by atoms with Crippen molar-refractivity contribution in [2.75, 3.05) is 0 Å². The van der Waals surface area contributed by atoms with Crippen LogP contribution < -0.4 is 5.32 Å². The zero-order chi connectivity index (χ0) is 17.5. The van der Waals surface area contributed by atoms with E-state index < -0.39 is 0 Å². The molecule has 0 bridgehead atoms. The van der Waals surface area contributed by atoms with E-state index in [0.717, 1.165) is 41.9 Å². The van der Waals surface area contributed by atoms with Crippen LogP contribution in [0.2, 0.25) is 0 Å². The third-order valence-corrected chi connectivity index (χ3v) is 5.31. The Kier molecular flexibility index (Phi) is 4.24. The molecule has 2 aromatic rings. The average molecular weight is 325 g/mol. The molecule has 1 amide bonds. The van der Waals surface area contributed by atoms with Crippen LogP contribution in [0.1, 0.15) is 60.8 Å². The van der Waals surface area contributed by atoms with Gasteiger partial charge in [-0.25, -0.2) is 0 Å². The van der Waals surface area contributed by atoms with E-state index in [-0.39, 0.29) is 17.4 Å². The average Bonchev–Trinajstić information content (AvgIpc) is 3.29. The molecule has 1 heterocycles. The van der Waals surface area contributed by atoms with Crippen molar-refractivity contribution in [3.8, 4) is 0 Å². The molecule has 1 N–H and O–H groups in total. The van der Waals surface area contributed by atoms with Gasteiger partial charge in [-0.05, 0) is 53.0 Å². The van der Waals surface area contributed by atoms with Gasteiger partial charge in [0.15, 0.2) is 0 Å². The summed E-state index contributed by atoms with van der Waals surface area (Å²) in [5.74, 6) is 0.141. The Bertz CT molecular complexity index is 754. The van der Waals surface area contributed by atoms with Crippen molar-refractivity contribution in [2.24, 2.45) is 0 Å². The van der Waals surface area contributed by atoms with Crippen molar-refractivity contribution in [1.29, 1.82) is 0 Å². The first-order chi connectivity index (χ1) is 11.4. The molecule has 1 aromatic heterocycles. The molecular formula is C20H27N3O. The summed E-state index contributed by atoms with van der Waals surface area (Å²) in [6.45, 7) is 11.2. The molecule has 3 rings (SSSR count). The third-order valence-electron chi connectivity index (χ3n) is 5.31. The Balaban J connectivity index is 1.80. The minimum Gasteiger partial charge on any atom is -0.349 e. The maximum atomic E-state index is 13.0. The van der Waals surface area contributed by atoms with Crippen LogP contribution in [0.15, 0.2) is 24.3 Å². The molecular weight excluding hydrogens is 298 g/mol. The molecule has 0 spiro atoms. The molecule has 1 aliphatic carbocycles. The molecule has 1 aliphatic rings. The number of hydrogen-bond acceptors (Lipinski definition) is 2. The van der Waals surface area contributed by atoms with Crippen LogP contribution in [-0.2, 0) is 16.8 Å². The van der Waals surface area contributed by atoms with Gasteiger partial charge in [-0.2, -0.15) is 5.10 Å². The number of amides is 1. The zero-order valence-corrected chi connectivity index (χ0v) is 15.3. The maximum Gasteiger partial charge on any atom is 0.231 e. The highest BCUT2D eigenvalue weighted by Crippen LogP contribution is 2.48. The molecule has 1 atom stereocenters. The molecule has 4 nitrogen and oxygen atoms in total. The summed E-state index contributed by atoms with van der Waals surface area (Å²) in [5.41, 5.74) is 5.32. The summed E-state index contributed by atoms with van der Waals surface area (Å²) < 4.78 is 2.00. The van der Waals surface area contributed by atoms with Crippen molar-refractivity contribution in [3.63, 3.8) is 0 Å². The van der Waals surface area contributed by atoms with Crippen molar-refractivity contribution in [1.82, 2.24) is 15.1 Å². The standard InChI is InChI=1S/C20H27N3O/c1-6-23-16(5)18(15(4)22-23)14(3)21-19(24)20(11-12-20)17-9-7-13(2)8-10-17/h7-10,14H,6,11-12H2,1-5H3,(H,21,24)/t14-/m0/s1. The molecule has 4 heteroatoms. The molecule has 0 unspecified atom stereocenters. The summed E-state index contributed by atoms with van der Waals surface area (Å²) in [5, 5.41) is 7.81. The molecule has 0 saturated heterocycles. The smallest absolute Gasteiger partial charge is 0.231 e. The maximum absolute atomic E-state index is 13.0. The molecule has 1 saturated carbocycles. The normalized spacial score (nSPS) is 16.7. The Hall–Kier alpha value is -2.10. The lowest BCUT2D eigenvalue weighted by Crippen LogP contribution is -2.36. The third kappa shape index (κ3) is 2.74. The lowest BCUT2D eigenvalue weighted by atomic mass is 9.93. The van der Waals surface area contributed by atoms with Crippen LogP contribution in [0.3, 0.4) is 0 Å². The minimum atomic E-state index is -0.329. The number of aryl methyl sites for hydroxylation is 3. The van der Waals surface area contributed by atoms with Gasteiger partial charge in [0.1, 0.15) is 0 Å². The van der Waals surface area contributed by atoms with Gasteiger partial charge in [-0.15, -0.1) is 0 Å². The fraction of sp³-hybridized carbons (Fsp3) is 0.500. The minimum absolute atomic E-state index is 0.0271. The van der Waals surface area contributed by atoms with Crippen LogP contribution in [0.25, 0.3) is 0 Å². The van der Waals surface area contributed by atoms with Crippen molar-refractivity contribution in [2.45, 2.75) is 65.5 Å². The predicted molar refractivity (Wildman–Crippen MR) is 96.0 cm³/mol. The van der Waals surface area contributed by atoms with E-state index in [1.54, 1.807) is 0 Å². The summed E-state index contributed by atoms with van der Waals surface area (Å²) >= 11 is 0. The summed E-state index contributed by atoms with van der Waals surface area (Å²) in [6, 6.07) is 8.34. The number of carbonyl (C=O) groups excluding carboxylic acids is 1. The fourth-order valence-electron chi connectivity index (χ4n) is 3.70. The van der Waals surface area contributed by atoms with Gasteiger partial charge in [0, 0.05) is 17.8 Å². The van der Waals surface area contributed by atoms with Gasteiger partial charge in [0.25, 0.3) is 0 Å². The number of aromatic nitrogens is 2. The van der Waals surface area contributed by atoms with Crippen molar-refractivity contribution in [3.05, 3.63) is 52.3 Å². The molecule has 1 fully saturated rings. The molecule has 0 aliphatic heterocycles. The number of rotatable bonds is 5. The topological polar surface area (TPSA) is 46.9 Å². The second kappa shape index (κ2) is 6.08. The highest BCUT2D eigenvalue weighted by atomic mass is 16.2. The summed E-state index contributed by atoms with van der Waals surface area (Å²) in [6.07, 6.45) is 1.86. The van der Waals surface area contributed by atoms with Crippen molar-refractivity contribution >= 4 is 5.91 Å². The Morgan fingerprint density at radius 3 is 2.38 bits per heavy atom. The Morgan fingerprint density at radius 1 is 1.25 bits per heavy atom. The largest absolute Gasteiger partial charge is 0.349 e. The first kappa shape index (κ1) is 16.7. The number of carbonyl (C=O) groups is 1. The summed E-state index contributed by atoms with van der Waals surface area (Å²) in [7, 11) is 0. The number of nitrogens with zero attached hydrogens (tertiary/aromatic N) is 2. The van der Waals surface area contributed by atoms with Gasteiger partial charge in [0.2, 0.25) is 5.91 Å². The first-order valence-corrected chi connectivity index (χ1v) is 8.81. The van der Waals surface area contributed by atoms with Gasteiger partial charge >= 0.3 is 0 Å². The monoisotopic (exact) mass is 325 g/mol. The Labute approximate surface area is 144 Å². The van der Waals surface area contributed by atoms with E-state index in [2.05, 4.69) is 62.4 Å². The van der Waals surface area contributed by atoms with Crippen LogP contribution in [-0.4, -0.2) is 15.7 Å².